The van der Waals surface area contributed by atoms with Crippen molar-refractivity contribution in [2.24, 2.45) is 11.3 Å². The zero-order chi connectivity index (χ0) is 11.4. The third-order valence-electron chi connectivity index (χ3n) is 4.72. The summed E-state index contributed by atoms with van der Waals surface area (Å²) in [5.41, 5.74) is 0.609. The van der Waals surface area contributed by atoms with Crippen LogP contribution in [-0.4, -0.2) is 38.1 Å². The highest BCUT2D eigenvalue weighted by Gasteiger charge is 2.36. The highest BCUT2D eigenvalue weighted by atomic mass is 15.2. The molecule has 0 aromatic heterocycles. The van der Waals surface area contributed by atoms with Crippen molar-refractivity contribution in [1.29, 1.82) is 0 Å². The fraction of sp³-hybridized carbons (Fsp3) is 1.00. The summed E-state index contributed by atoms with van der Waals surface area (Å²) in [5, 5.41) is 3.42. The van der Waals surface area contributed by atoms with Crippen molar-refractivity contribution in [3.05, 3.63) is 0 Å². The summed E-state index contributed by atoms with van der Waals surface area (Å²) in [7, 11) is 2.11. The van der Waals surface area contributed by atoms with Gasteiger partial charge in [0.1, 0.15) is 0 Å². The van der Waals surface area contributed by atoms with Crippen LogP contribution in [0.4, 0.5) is 0 Å². The van der Waals surface area contributed by atoms with Crippen molar-refractivity contribution < 1.29 is 0 Å². The van der Waals surface area contributed by atoms with E-state index in [1.807, 2.05) is 0 Å². The van der Waals surface area contributed by atoms with Crippen LogP contribution in [0.3, 0.4) is 0 Å². The molecule has 1 heterocycles. The molecule has 16 heavy (non-hydrogen) atoms. The summed E-state index contributed by atoms with van der Waals surface area (Å²) in [6, 6.07) is 0. The molecule has 94 valence electrons. The molecule has 0 aromatic rings. The summed E-state index contributed by atoms with van der Waals surface area (Å²) >= 11 is 0. The number of hydrogen-bond acceptors (Lipinski definition) is 2. The molecule has 2 fully saturated rings. The summed E-state index contributed by atoms with van der Waals surface area (Å²) in [4.78, 5) is 2.73. The van der Waals surface area contributed by atoms with Crippen LogP contribution in [0.25, 0.3) is 0 Å². The molecule has 1 aliphatic carbocycles. The predicted molar refractivity (Wildman–Crippen MR) is 69.7 cm³/mol. The van der Waals surface area contributed by atoms with Crippen molar-refractivity contribution >= 4 is 0 Å². The van der Waals surface area contributed by atoms with Gasteiger partial charge in [0.2, 0.25) is 0 Å². The summed E-state index contributed by atoms with van der Waals surface area (Å²) in [6.07, 6.45) is 8.60. The van der Waals surface area contributed by atoms with E-state index in [2.05, 4.69) is 24.2 Å². The first kappa shape index (κ1) is 12.4. The largest absolute Gasteiger partial charge is 0.319 e. The van der Waals surface area contributed by atoms with Gasteiger partial charge in [-0.05, 0) is 44.2 Å². The van der Waals surface area contributed by atoms with E-state index in [0.717, 1.165) is 5.92 Å². The fourth-order valence-corrected chi connectivity index (χ4v) is 3.75. The lowest BCUT2D eigenvalue weighted by atomic mass is 9.85. The molecule has 1 unspecified atom stereocenters. The van der Waals surface area contributed by atoms with E-state index < -0.39 is 0 Å². The van der Waals surface area contributed by atoms with Crippen molar-refractivity contribution in [2.75, 3.05) is 33.2 Å². The molecule has 2 nitrogen and oxygen atoms in total. The van der Waals surface area contributed by atoms with Crippen molar-refractivity contribution in [1.82, 2.24) is 10.2 Å². The number of rotatable bonds is 5. The quantitative estimate of drug-likeness (QED) is 0.772. The molecule has 1 saturated carbocycles. The van der Waals surface area contributed by atoms with Crippen molar-refractivity contribution in [2.45, 2.75) is 45.4 Å². The minimum atomic E-state index is 0.609. The first-order valence-corrected chi connectivity index (χ1v) is 7.15. The lowest BCUT2D eigenvalue weighted by molar-refractivity contribution is 0.170. The third kappa shape index (κ3) is 2.78. The van der Waals surface area contributed by atoms with Gasteiger partial charge in [0, 0.05) is 19.6 Å². The maximum Gasteiger partial charge on any atom is 0.00503 e. The Bertz CT molecular complexity index is 209. The van der Waals surface area contributed by atoms with Gasteiger partial charge in [-0.1, -0.05) is 26.2 Å². The molecule has 2 rings (SSSR count). The van der Waals surface area contributed by atoms with E-state index in [-0.39, 0.29) is 0 Å². The number of likely N-dealkylation sites (tertiary alicyclic amines) is 1. The average Bonchev–Trinajstić information content (AvgIpc) is 2.89. The smallest absolute Gasteiger partial charge is 0.00503 e. The third-order valence-corrected chi connectivity index (χ3v) is 4.72. The van der Waals surface area contributed by atoms with Crippen LogP contribution >= 0.6 is 0 Å². The van der Waals surface area contributed by atoms with Crippen molar-refractivity contribution in [3.8, 4) is 0 Å². The van der Waals surface area contributed by atoms with E-state index >= 15 is 0 Å². The van der Waals surface area contributed by atoms with E-state index in [1.165, 1.54) is 64.7 Å². The Morgan fingerprint density at radius 1 is 1.31 bits per heavy atom. The van der Waals surface area contributed by atoms with Crippen molar-refractivity contribution in [3.63, 3.8) is 0 Å². The molecule has 0 aromatic carbocycles. The highest BCUT2D eigenvalue weighted by Crippen LogP contribution is 2.39. The second-order valence-electron chi connectivity index (χ2n) is 6.04. The molecule has 1 aliphatic heterocycles. The SMILES string of the molecule is CCC1CCN(CC2(CNC)CCCC2)C1. The Hall–Kier alpha value is -0.0800. The van der Waals surface area contributed by atoms with Crippen LogP contribution in [0.15, 0.2) is 0 Å². The van der Waals surface area contributed by atoms with Gasteiger partial charge in [-0.2, -0.15) is 0 Å². The second kappa shape index (κ2) is 5.50. The molecule has 1 saturated heterocycles. The predicted octanol–water partition coefficient (Wildman–Crippen LogP) is 2.50. The minimum absolute atomic E-state index is 0.609. The van der Waals surface area contributed by atoms with Crippen LogP contribution in [0.1, 0.15) is 45.4 Å². The molecular weight excluding hydrogens is 196 g/mol. The second-order valence-corrected chi connectivity index (χ2v) is 6.04. The van der Waals surface area contributed by atoms with Crippen LogP contribution in [-0.2, 0) is 0 Å². The van der Waals surface area contributed by atoms with Crippen LogP contribution in [0.2, 0.25) is 0 Å². The van der Waals surface area contributed by atoms with Gasteiger partial charge in [0.15, 0.2) is 0 Å². The highest BCUT2D eigenvalue weighted by molar-refractivity contribution is 4.90. The topological polar surface area (TPSA) is 15.3 Å². The standard InChI is InChI=1S/C14H28N2/c1-3-13-6-9-16(10-13)12-14(11-15-2)7-4-5-8-14/h13,15H,3-12H2,1-2H3. The van der Waals surface area contributed by atoms with Crippen LogP contribution in [0, 0.1) is 11.3 Å². The normalized spacial score (nSPS) is 30.0. The lowest BCUT2D eigenvalue weighted by Gasteiger charge is -2.33. The number of nitrogens with zero attached hydrogens (tertiary/aromatic N) is 1. The molecular formula is C14H28N2. The average molecular weight is 224 g/mol. The van der Waals surface area contributed by atoms with Gasteiger partial charge >= 0.3 is 0 Å². The molecule has 1 N–H and O–H groups in total. The molecule has 0 amide bonds. The van der Waals surface area contributed by atoms with Crippen LogP contribution < -0.4 is 5.32 Å². The zero-order valence-electron chi connectivity index (χ0n) is 11.1. The first-order chi connectivity index (χ1) is 7.78. The van der Waals surface area contributed by atoms with Gasteiger partial charge in [-0.3, -0.25) is 0 Å². The van der Waals surface area contributed by atoms with Crippen LogP contribution in [0.5, 0.6) is 0 Å². The van der Waals surface area contributed by atoms with Gasteiger partial charge < -0.3 is 10.2 Å². The van der Waals surface area contributed by atoms with Gasteiger partial charge in [-0.15, -0.1) is 0 Å². The molecule has 2 heteroatoms. The van der Waals surface area contributed by atoms with E-state index in [9.17, 15) is 0 Å². The van der Waals surface area contributed by atoms with Gasteiger partial charge in [-0.25, -0.2) is 0 Å². The monoisotopic (exact) mass is 224 g/mol. The Balaban J connectivity index is 1.86. The van der Waals surface area contributed by atoms with E-state index in [1.54, 1.807) is 0 Å². The fourth-order valence-electron chi connectivity index (χ4n) is 3.75. The van der Waals surface area contributed by atoms with Gasteiger partial charge in [0.05, 0.1) is 0 Å². The summed E-state index contributed by atoms with van der Waals surface area (Å²) in [5.74, 6) is 0.980. The Kier molecular flexibility index (Phi) is 4.26. The molecule has 2 aliphatic rings. The Labute approximate surface area is 101 Å². The maximum absolute atomic E-state index is 3.42. The van der Waals surface area contributed by atoms with Gasteiger partial charge in [0.25, 0.3) is 0 Å². The number of hydrogen-bond donors (Lipinski definition) is 1. The molecule has 1 atom stereocenters. The Morgan fingerprint density at radius 3 is 2.62 bits per heavy atom. The van der Waals surface area contributed by atoms with E-state index in [0.29, 0.717) is 5.41 Å². The summed E-state index contributed by atoms with van der Waals surface area (Å²) < 4.78 is 0. The van der Waals surface area contributed by atoms with E-state index in [4.69, 9.17) is 0 Å². The molecule has 0 radical (unpaired) electrons. The minimum Gasteiger partial charge on any atom is -0.319 e. The molecule has 0 spiro atoms. The summed E-state index contributed by atoms with van der Waals surface area (Å²) in [6.45, 7) is 7.63. The number of nitrogens with one attached hydrogen (secondary N) is 1. The molecule has 0 bridgehead atoms. The first-order valence-electron chi connectivity index (χ1n) is 7.15. The zero-order valence-corrected chi connectivity index (χ0v) is 11.1. The maximum atomic E-state index is 3.42. The Morgan fingerprint density at radius 2 is 2.06 bits per heavy atom. The lowest BCUT2D eigenvalue weighted by Crippen LogP contribution is -2.41.